The van der Waals surface area contributed by atoms with E-state index in [0.29, 0.717) is 0 Å². The molecule has 0 atom stereocenters. The van der Waals surface area contributed by atoms with Gasteiger partial charge >= 0.3 is 0 Å². The highest BCUT2D eigenvalue weighted by atomic mass is 32.1. The van der Waals surface area contributed by atoms with E-state index >= 15 is 0 Å². The van der Waals surface area contributed by atoms with Crippen LogP contribution < -0.4 is 0 Å². The van der Waals surface area contributed by atoms with Gasteiger partial charge in [0, 0.05) is 6.61 Å². The Bertz CT molecular complexity index is 450. The Labute approximate surface area is 93.9 Å². The molecule has 2 rings (SSSR count). The number of ether oxygens (including phenoxy) is 1. The molecule has 0 amide bonds. The number of rotatable bonds is 4. The Morgan fingerprint density at radius 2 is 2.27 bits per heavy atom. The summed E-state index contributed by atoms with van der Waals surface area (Å²) in [6.07, 6.45) is 0.987. The van der Waals surface area contributed by atoms with E-state index in [1.165, 1.54) is 10.3 Å². The van der Waals surface area contributed by atoms with Gasteiger partial charge in [0.15, 0.2) is 0 Å². The summed E-state index contributed by atoms with van der Waals surface area (Å²) in [5, 5.41) is 1.13. The zero-order valence-electron chi connectivity index (χ0n) is 9.12. The number of aromatic nitrogens is 1. The van der Waals surface area contributed by atoms with Gasteiger partial charge in [0.25, 0.3) is 0 Å². The summed E-state index contributed by atoms with van der Waals surface area (Å²) in [6, 6.07) is 6.46. The maximum Gasteiger partial charge on any atom is 0.0907 e. The van der Waals surface area contributed by atoms with Crippen LogP contribution in [0.15, 0.2) is 18.2 Å². The monoisotopic (exact) mass is 221 g/mol. The minimum Gasteiger partial charge on any atom is -0.381 e. The molecular formula is C12H15NOS. The van der Waals surface area contributed by atoms with Crippen molar-refractivity contribution in [2.75, 3.05) is 13.2 Å². The topological polar surface area (TPSA) is 22.1 Å². The molecule has 0 aliphatic rings. The Morgan fingerprint density at radius 1 is 1.40 bits per heavy atom. The normalized spacial score (nSPS) is 11.1. The van der Waals surface area contributed by atoms with Crippen LogP contribution in [-0.2, 0) is 11.2 Å². The summed E-state index contributed by atoms with van der Waals surface area (Å²) in [7, 11) is 0. The fourth-order valence-corrected chi connectivity index (χ4v) is 2.46. The second kappa shape index (κ2) is 4.73. The summed E-state index contributed by atoms with van der Waals surface area (Å²) >= 11 is 1.75. The van der Waals surface area contributed by atoms with Crippen LogP contribution in [-0.4, -0.2) is 18.2 Å². The molecule has 0 saturated carbocycles. The van der Waals surface area contributed by atoms with E-state index in [0.717, 1.165) is 30.2 Å². The predicted octanol–water partition coefficient (Wildman–Crippen LogP) is 3.18. The van der Waals surface area contributed by atoms with Crippen molar-refractivity contribution >= 4 is 21.6 Å². The average molecular weight is 221 g/mol. The van der Waals surface area contributed by atoms with E-state index in [1.807, 2.05) is 13.8 Å². The van der Waals surface area contributed by atoms with E-state index in [1.54, 1.807) is 11.3 Å². The second-order valence-corrected chi connectivity index (χ2v) is 4.72. The standard InChI is InChI=1S/C12H15NOS/c1-3-14-7-6-10-4-5-11-12(8-10)15-9(2)13-11/h4-5,8H,3,6-7H2,1-2H3. The molecule has 0 N–H and O–H groups in total. The van der Waals surface area contributed by atoms with Gasteiger partial charge in [-0.15, -0.1) is 11.3 Å². The summed E-state index contributed by atoms with van der Waals surface area (Å²) in [6.45, 7) is 5.67. The van der Waals surface area contributed by atoms with E-state index in [2.05, 4.69) is 23.2 Å². The quantitative estimate of drug-likeness (QED) is 0.740. The fraction of sp³-hybridized carbons (Fsp3) is 0.417. The molecule has 1 aromatic heterocycles. The van der Waals surface area contributed by atoms with Crippen molar-refractivity contribution in [1.82, 2.24) is 4.98 Å². The maximum absolute atomic E-state index is 5.34. The number of hydrogen-bond donors (Lipinski definition) is 0. The molecule has 2 nitrogen and oxygen atoms in total. The molecular weight excluding hydrogens is 206 g/mol. The number of aryl methyl sites for hydroxylation is 1. The molecule has 0 aliphatic carbocycles. The van der Waals surface area contributed by atoms with Gasteiger partial charge in [0.2, 0.25) is 0 Å². The van der Waals surface area contributed by atoms with E-state index < -0.39 is 0 Å². The van der Waals surface area contributed by atoms with Crippen LogP contribution >= 0.6 is 11.3 Å². The molecule has 80 valence electrons. The number of fused-ring (bicyclic) bond motifs is 1. The van der Waals surface area contributed by atoms with E-state index in [4.69, 9.17) is 4.74 Å². The van der Waals surface area contributed by atoms with Gasteiger partial charge in [0.05, 0.1) is 21.8 Å². The first-order valence-corrected chi connectivity index (χ1v) is 6.05. The highest BCUT2D eigenvalue weighted by Gasteiger charge is 2.01. The summed E-state index contributed by atoms with van der Waals surface area (Å²) < 4.78 is 6.62. The first-order chi connectivity index (χ1) is 7.29. The van der Waals surface area contributed by atoms with Crippen LogP contribution in [0.2, 0.25) is 0 Å². The van der Waals surface area contributed by atoms with Crippen molar-refractivity contribution in [3.63, 3.8) is 0 Å². The van der Waals surface area contributed by atoms with Gasteiger partial charge in [-0.2, -0.15) is 0 Å². The van der Waals surface area contributed by atoms with Crippen LogP contribution in [0.4, 0.5) is 0 Å². The molecule has 2 aromatic rings. The van der Waals surface area contributed by atoms with Crippen molar-refractivity contribution in [2.45, 2.75) is 20.3 Å². The van der Waals surface area contributed by atoms with Crippen molar-refractivity contribution in [2.24, 2.45) is 0 Å². The van der Waals surface area contributed by atoms with Crippen LogP contribution in [0.25, 0.3) is 10.2 Å². The molecule has 0 aliphatic heterocycles. The van der Waals surface area contributed by atoms with Crippen LogP contribution in [0, 0.1) is 6.92 Å². The Balaban J connectivity index is 2.15. The molecule has 0 spiro atoms. The van der Waals surface area contributed by atoms with Crippen molar-refractivity contribution in [3.05, 3.63) is 28.8 Å². The summed E-state index contributed by atoms with van der Waals surface area (Å²) in [5.74, 6) is 0. The van der Waals surface area contributed by atoms with Gasteiger partial charge in [-0.3, -0.25) is 0 Å². The number of benzene rings is 1. The van der Waals surface area contributed by atoms with E-state index in [-0.39, 0.29) is 0 Å². The Kier molecular flexibility index (Phi) is 3.34. The molecule has 15 heavy (non-hydrogen) atoms. The molecule has 1 aromatic carbocycles. The number of hydrogen-bond acceptors (Lipinski definition) is 3. The minimum absolute atomic E-state index is 0.794. The number of nitrogens with zero attached hydrogens (tertiary/aromatic N) is 1. The van der Waals surface area contributed by atoms with Crippen LogP contribution in [0.3, 0.4) is 0 Å². The lowest BCUT2D eigenvalue weighted by Gasteiger charge is -2.01. The Hall–Kier alpha value is -0.930. The lowest BCUT2D eigenvalue weighted by Crippen LogP contribution is -1.97. The van der Waals surface area contributed by atoms with Crippen LogP contribution in [0.5, 0.6) is 0 Å². The van der Waals surface area contributed by atoms with Crippen LogP contribution in [0.1, 0.15) is 17.5 Å². The lowest BCUT2D eigenvalue weighted by molar-refractivity contribution is 0.151. The molecule has 0 bridgehead atoms. The molecule has 0 radical (unpaired) electrons. The second-order valence-electron chi connectivity index (χ2n) is 3.48. The SMILES string of the molecule is CCOCCc1ccc2nc(C)sc2c1. The minimum atomic E-state index is 0.794. The summed E-state index contributed by atoms with van der Waals surface area (Å²) in [4.78, 5) is 4.44. The number of thiazole rings is 1. The maximum atomic E-state index is 5.34. The smallest absolute Gasteiger partial charge is 0.0907 e. The predicted molar refractivity (Wildman–Crippen MR) is 64.6 cm³/mol. The molecule has 0 saturated heterocycles. The van der Waals surface area contributed by atoms with Gasteiger partial charge in [-0.1, -0.05) is 6.07 Å². The third kappa shape index (κ3) is 2.55. The van der Waals surface area contributed by atoms with Gasteiger partial charge < -0.3 is 4.74 Å². The third-order valence-electron chi connectivity index (χ3n) is 2.30. The third-order valence-corrected chi connectivity index (χ3v) is 3.23. The lowest BCUT2D eigenvalue weighted by atomic mass is 10.1. The van der Waals surface area contributed by atoms with E-state index in [9.17, 15) is 0 Å². The van der Waals surface area contributed by atoms with Crippen molar-refractivity contribution < 1.29 is 4.74 Å². The largest absolute Gasteiger partial charge is 0.381 e. The fourth-order valence-electron chi connectivity index (χ4n) is 1.57. The van der Waals surface area contributed by atoms with Crippen molar-refractivity contribution in [1.29, 1.82) is 0 Å². The Morgan fingerprint density at radius 3 is 3.07 bits per heavy atom. The highest BCUT2D eigenvalue weighted by molar-refractivity contribution is 7.18. The van der Waals surface area contributed by atoms with Gasteiger partial charge in [-0.05, 0) is 38.0 Å². The first-order valence-electron chi connectivity index (χ1n) is 5.23. The van der Waals surface area contributed by atoms with Gasteiger partial charge in [0.1, 0.15) is 0 Å². The zero-order chi connectivity index (χ0) is 10.7. The molecule has 0 fully saturated rings. The zero-order valence-corrected chi connectivity index (χ0v) is 9.93. The van der Waals surface area contributed by atoms with Gasteiger partial charge in [-0.25, -0.2) is 4.98 Å². The molecule has 1 heterocycles. The molecule has 3 heteroatoms. The summed E-state index contributed by atoms with van der Waals surface area (Å²) in [5.41, 5.74) is 2.44. The highest BCUT2D eigenvalue weighted by Crippen LogP contribution is 2.22. The van der Waals surface area contributed by atoms with Crippen molar-refractivity contribution in [3.8, 4) is 0 Å². The first kappa shape index (κ1) is 10.6. The molecule has 0 unspecified atom stereocenters. The average Bonchev–Trinajstić information content (AvgIpc) is 2.57.